The first-order valence-corrected chi connectivity index (χ1v) is 9.79. The third kappa shape index (κ3) is 5.11. The van der Waals surface area contributed by atoms with Crippen LogP contribution in [0.5, 0.6) is 0 Å². The van der Waals surface area contributed by atoms with Crippen molar-refractivity contribution in [2.75, 3.05) is 31.1 Å². The molecule has 2 saturated heterocycles. The lowest BCUT2D eigenvalue weighted by molar-refractivity contribution is -0.116. The second kappa shape index (κ2) is 8.55. The second-order valence-electron chi connectivity index (χ2n) is 6.49. The van der Waals surface area contributed by atoms with Crippen molar-refractivity contribution in [2.24, 2.45) is 5.92 Å². The molecule has 124 valence electrons. The number of thioether (sulfide) groups is 1. The Balaban J connectivity index is 1.36. The van der Waals surface area contributed by atoms with Gasteiger partial charge in [0, 0.05) is 24.4 Å². The lowest BCUT2D eigenvalue weighted by Crippen LogP contribution is -2.43. The van der Waals surface area contributed by atoms with E-state index in [4.69, 9.17) is 0 Å². The second-order valence-corrected chi connectivity index (χ2v) is 7.64. The van der Waals surface area contributed by atoms with E-state index in [-0.39, 0.29) is 5.91 Å². The summed E-state index contributed by atoms with van der Waals surface area (Å²) in [6.45, 7) is 3.21. The monoisotopic (exact) mass is 330 g/mol. The van der Waals surface area contributed by atoms with Crippen LogP contribution in [0.4, 0.5) is 0 Å². The Kier molecular flexibility index (Phi) is 6.17. The van der Waals surface area contributed by atoms with Gasteiger partial charge in [0.05, 0.1) is 0 Å². The summed E-state index contributed by atoms with van der Waals surface area (Å²) in [5.74, 6) is 3.29. The molecular formula is C19H26N2OS. The molecule has 0 saturated carbocycles. The van der Waals surface area contributed by atoms with Gasteiger partial charge in [-0.2, -0.15) is 11.8 Å². The predicted molar refractivity (Wildman–Crippen MR) is 98.5 cm³/mol. The number of benzene rings is 1. The van der Waals surface area contributed by atoms with Crippen LogP contribution in [0, 0.1) is 5.92 Å². The molecule has 2 heterocycles. The number of hydrogen-bond acceptors (Lipinski definition) is 3. The smallest absolute Gasteiger partial charge is 0.244 e. The molecule has 0 spiro atoms. The summed E-state index contributed by atoms with van der Waals surface area (Å²) in [4.78, 5) is 14.6. The minimum Gasteiger partial charge on any atom is -0.352 e. The van der Waals surface area contributed by atoms with Crippen LogP contribution in [0.15, 0.2) is 36.4 Å². The quantitative estimate of drug-likeness (QED) is 0.842. The average molecular weight is 330 g/mol. The first-order valence-electron chi connectivity index (χ1n) is 8.64. The van der Waals surface area contributed by atoms with E-state index in [2.05, 4.69) is 22.0 Å². The normalized spacial score (nSPS) is 23.4. The van der Waals surface area contributed by atoms with Crippen LogP contribution >= 0.6 is 11.8 Å². The molecule has 1 aromatic carbocycles. The van der Waals surface area contributed by atoms with Gasteiger partial charge >= 0.3 is 0 Å². The fourth-order valence-corrected chi connectivity index (χ4v) is 4.63. The highest BCUT2D eigenvalue weighted by Gasteiger charge is 2.27. The van der Waals surface area contributed by atoms with E-state index in [0.29, 0.717) is 5.92 Å². The molecule has 1 amide bonds. The van der Waals surface area contributed by atoms with Crippen LogP contribution in [0.25, 0.3) is 6.08 Å². The maximum absolute atomic E-state index is 11.9. The topological polar surface area (TPSA) is 32.3 Å². The Labute approximate surface area is 143 Å². The average Bonchev–Trinajstić information content (AvgIpc) is 3.14. The van der Waals surface area contributed by atoms with Gasteiger partial charge in [-0.15, -0.1) is 0 Å². The van der Waals surface area contributed by atoms with E-state index in [1.807, 2.05) is 36.4 Å². The standard InChI is InChI=1S/C19H26N2OS/c22-19(7-6-16-4-2-1-3-5-16)20-14-17-8-11-21(12-9-17)18-10-13-23-15-18/h1-7,17-18H,8-15H2,(H,20,22)/b7-6+. The summed E-state index contributed by atoms with van der Waals surface area (Å²) < 4.78 is 0. The van der Waals surface area contributed by atoms with E-state index >= 15 is 0 Å². The Morgan fingerprint density at radius 3 is 2.70 bits per heavy atom. The van der Waals surface area contributed by atoms with Crippen molar-refractivity contribution in [2.45, 2.75) is 25.3 Å². The molecule has 2 aliphatic rings. The van der Waals surface area contributed by atoms with Gasteiger partial charge < -0.3 is 5.32 Å². The van der Waals surface area contributed by atoms with Gasteiger partial charge in [0.25, 0.3) is 0 Å². The molecule has 1 N–H and O–H groups in total. The fourth-order valence-electron chi connectivity index (χ4n) is 3.37. The molecule has 4 heteroatoms. The zero-order valence-corrected chi connectivity index (χ0v) is 14.4. The number of nitrogens with zero attached hydrogens (tertiary/aromatic N) is 1. The van der Waals surface area contributed by atoms with Crippen molar-refractivity contribution in [3.05, 3.63) is 42.0 Å². The van der Waals surface area contributed by atoms with E-state index in [9.17, 15) is 4.79 Å². The van der Waals surface area contributed by atoms with Crippen molar-refractivity contribution in [1.29, 1.82) is 0 Å². The van der Waals surface area contributed by atoms with Crippen molar-refractivity contribution >= 4 is 23.7 Å². The van der Waals surface area contributed by atoms with Gasteiger partial charge in [0.15, 0.2) is 0 Å². The molecule has 23 heavy (non-hydrogen) atoms. The molecule has 1 unspecified atom stereocenters. The Bertz CT molecular complexity index is 517. The molecule has 0 aliphatic carbocycles. The van der Waals surface area contributed by atoms with Crippen LogP contribution in [0.2, 0.25) is 0 Å². The third-order valence-corrected chi connectivity index (χ3v) is 6.01. The fraction of sp³-hybridized carbons (Fsp3) is 0.526. The molecule has 3 nitrogen and oxygen atoms in total. The minimum absolute atomic E-state index is 0.0171. The van der Waals surface area contributed by atoms with Gasteiger partial charge in [-0.3, -0.25) is 9.69 Å². The first kappa shape index (κ1) is 16.6. The Hall–Kier alpha value is -1.26. The van der Waals surface area contributed by atoms with Crippen molar-refractivity contribution in [1.82, 2.24) is 10.2 Å². The molecule has 1 atom stereocenters. The van der Waals surface area contributed by atoms with Crippen LogP contribution in [-0.4, -0.2) is 48.0 Å². The Morgan fingerprint density at radius 1 is 1.22 bits per heavy atom. The molecular weight excluding hydrogens is 304 g/mol. The molecule has 2 fully saturated rings. The highest BCUT2D eigenvalue weighted by molar-refractivity contribution is 7.99. The van der Waals surface area contributed by atoms with Gasteiger partial charge in [-0.1, -0.05) is 30.3 Å². The SMILES string of the molecule is O=C(/C=C/c1ccccc1)NCC1CCN(C2CCSC2)CC1. The summed E-state index contributed by atoms with van der Waals surface area (Å²) >= 11 is 2.09. The molecule has 2 aliphatic heterocycles. The molecule has 1 aromatic rings. The van der Waals surface area contributed by atoms with Crippen LogP contribution in [0.1, 0.15) is 24.8 Å². The number of likely N-dealkylation sites (tertiary alicyclic amines) is 1. The largest absolute Gasteiger partial charge is 0.352 e. The number of amides is 1. The van der Waals surface area contributed by atoms with Gasteiger partial charge in [0.1, 0.15) is 0 Å². The maximum Gasteiger partial charge on any atom is 0.244 e. The highest BCUT2D eigenvalue weighted by Crippen LogP contribution is 2.26. The summed E-state index contributed by atoms with van der Waals surface area (Å²) in [6.07, 6.45) is 7.29. The number of hydrogen-bond donors (Lipinski definition) is 1. The van der Waals surface area contributed by atoms with Gasteiger partial charge in [-0.05, 0) is 55.7 Å². The number of piperidine rings is 1. The van der Waals surface area contributed by atoms with Crippen molar-refractivity contribution in [3.8, 4) is 0 Å². The van der Waals surface area contributed by atoms with E-state index in [1.165, 1.54) is 43.9 Å². The van der Waals surface area contributed by atoms with Crippen molar-refractivity contribution in [3.63, 3.8) is 0 Å². The van der Waals surface area contributed by atoms with Crippen LogP contribution in [0.3, 0.4) is 0 Å². The van der Waals surface area contributed by atoms with Gasteiger partial charge in [0.2, 0.25) is 5.91 Å². The zero-order valence-electron chi connectivity index (χ0n) is 13.6. The lowest BCUT2D eigenvalue weighted by atomic mass is 9.95. The summed E-state index contributed by atoms with van der Waals surface area (Å²) in [6, 6.07) is 10.8. The first-order chi connectivity index (χ1) is 11.3. The van der Waals surface area contributed by atoms with Gasteiger partial charge in [-0.25, -0.2) is 0 Å². The molecule has 3 rings (SSSR count). The number of carbonyl (C=O) groups excluding carboxylic acids is 1. The van der Waals surface area contributed by atoms with Crippen LogP contribution < -0.4 is 5.32 Å². The molecule has 0 radical (unpaired) electrons. The molecule has 0 bridgehead atoms. The number of carbonyl (C=O) groups is 1. The zero-order chi connectivity index (χ0) is 15.9. The van der Waals surface area contributed by atoms with Crippen molar-refractivity contribution < 1.29 is 4.79 Å². The van der Waals surface area contributed by atoms with Crippen LogP contribution in [-0.2, 0) is 4.79 Å². The maximum atomic E-state index is 11.9. The van der Waals surface area contributed by atoms with E-state index in [1.54, 1.807) is 6.08 Å². The Morgan fingerprint density at radius 2 is 2.00 bits per heavy atom. The minimum atomic E-state index is 0.0171. The third-order valence-electron chi connectivity index (χ3n) is 4.86. The summed E-state index contributed by atoms with van der Waals surface area (Å²) in [7, 11) is 0. The van der Waals surface area contributed by atoms with E-state index < -0.39 is 0 Å². The summed E-state index contributed by atoms with van der Waals surface area (Å²) in [5, 5.41) is 3.06. The molecule has 0 aromatic heterocycles. The number of nitrogens with one attached hydrogen (secondary N) is 1. The predicted octanol–water partition coefficient (Wildman–Crippen LogP) is 3.03. The lowest BCUT2D eigenvalue weighted by Gasteiger charge is -2.35. The summed E-state index contributed by atoms with van der Waals surface area (Å²) in [5.41, 5.74) is 1.06. The highest BCUT2D eigenvalue weighted by atomic mass is 32.2. The van der Waals surface area contributed by atoms with E-state index in [0.717, 1.165) is 18.2 Å². The number of rotatable bonds is 5.